The molecule has 2 aliphatic heterocycles. The zero-order valence-corrected chi connectivity index (χ0v) is 16.6. The van der Waals surface area contributed by atoms with E-state index in [0.29, 0.717) is 24.5 Å². The van der Waals surface area contributed by atoms with Gasteiger partial charge in [0.25, 0.3) is 0 Å². The predicted molar refractivity (Wildman–Crippen MR) is 109 cm³/mol. The van der Waals surface area contributed by atoms with Gasteiger partial charge in [0.2, 0.25) is 5.95 Å². The SMILES string of the molecule is O[C@@H]1CCC[C@@H](N2CC3(CC3)c3cnc(Nc4c[nH]nc4C4CCOC4)nc32)C1. The molecule has 29 heavy (non-hydrogen) atoms. The highest BCUT2D eigenvalue weighted by Crippen LogP contribution is 2.56. The van der Waals surface area contributed by atoms with Gasteiger partial charge in [-0.2, -0.15) is 10.1 Å². The largest absolute Gasteiger partial charge is 0.393 e. The number of hydrogen-bond donors (Lipinski definition) is 3. The Bertz CT molecular complexity index is 904. The van der Waals surface area contributed by atoms with Crippen LogP contribution in [0.3, 0.4) is 0 Å². The highest BCUT2D eigenvalue weighted by molar-refractivity contribution is 5.64. The molecule has 1 saturated heterocycles. The average molecular weight is 396 g/mol. The minimum absolute atomic E-state index is 0.186. The molecule has 8 heteroatoms. The second-order valence-electron chi connectivity index (χ2n) is 9.18. The molecule has 0 aromatic carbocycles. The minimum atomic E-state index is -0.186. The molecule has 2 aromatic rings. The summed E-state index contributed by atoms with van der Waals surface area (Å²) in [6, 6.07) is 0.375. The van der Waals surface area contributed by atoms with E-state index in [9.17, 15) is 5.11 Å². The van der Waals surface area contributed by atoms with Crippen LogP contribution in [0.15, 0.2) is 12.4 Å². The summed E-state index contributed by atoms with van der Waals surface area (Å²) in [5.41, 5.74) is 3.47. The summed E-state index contributed by atoms with van der Waals surface area (Å²) >= 11 is 0. The first-order valence-electron chi connectivity index (χ1n) is 10.9. The molecule has 0 amide bonds. The molecule has 2 aromatic heterocycles. The Hall–Kier alpha value is -2.19. The summed E-state index contributed by atoms with van der Waals surface area (Å²) in [7, 11) is 0. The summed E-state index contributed by atoms with van der Waals surface area (Å²) in [6.07, 6.45) is 11.1. The van der Waals surface area contributed by atoms with Crippen LogP contribution in [-0.4, -0.2) is 57.2 Å². The molecular formula is C21H28N6O2. The van der Waals surface area contributed by atoms with E-state index in [4.69, 9.17) is 9.72 Å². The Labute approximate surface area is 170 Å². The lowest BCUT2D eigenvalue weighted by molar-refractivity contribution is 0.118. The van der Waals surface area contributed by atoms with E-state index < -0.39 is 0 Å². The molecule has 3 atom stereocenters. The molecule has 8 nitrogen and oxygen atoms in total. The Kier molecular flexibility index (Phi) is 4.06. The monoisotopic (exact) mass is 396 g/mol. The van der Waals surface area contributed by atoms with Gasteiger partial charge in [0.15, 0.2) is 0 Å². The normalized spacial score (nSPS) is 30.0. The highest BCUT2D eigenvalue weighted by atomic mass is 16.5. The number of rotatable bonds is 4. The van der Waals surface area contributed by atoms with Crippen molar-refractivity contribution < 1.29 is 9.84 Å². The molecule has 6 rings (SSSR count). The molecule has 3 N–H and O–H groups in total. The number of aromatic nitrogens is 4. The van der Waals surface area contributed by atoms with Gasteiger partial charge < -0.3 is 20.1 Å². The van der Waals surface area contributed by atoms with Crippen molar-refractivity contribution in [2.75, 3.05) is 30.0 Å². The van der Waals surface area contributed by atoms with Gasteiger partial charge in [-0.25, -0.2) is 4.98 Å². The molecule has 3 fully saturated rings. The van der Waals surface area contributed by atoms with E-state index in [-0.39, 0.29) is 11.5 Å². The number of fused-ring (bicyclic) bond motifs is 2. The van der Waals surface area contributed by atoms with Crippen LogP contribution in [0, 0.1) is 0 Å². The molecule has 1 unspecified atom stereocenters. The van der Waals surface area contributed by atoms with Gasteiger partial charge in [-0.1, -0.05) is 0 Å². The number of nitrogens with one attached hydrogen (secondary N) is 2. The van der Waals surface area contributed by atoms with E-state index in [1.54, 1.807) is 0 Å². The van der Waals surface area contributed by atoms with Crippen molar-refractivity contribution >= 4 is 17.5 Å². The Morgan fingerprint density at radius 2 is 2.21 bits per heavy atom. The number of anilines is 3. The van der Waals surface area contributed by atoms with Gasteiger partial charge in [-0.15, -0.1) is 0 Å². The molecule has 1 spiro atoms. The zero-order chi connectivity index (χ0) is 19.4. The number of H-pyrrole nitrogens is 1. The number of nitrogens with zero attached hydrogens (tertiary/aromatic N) is 4. The summed E-state index contributed by atoms with van der Waals surface area (Å²) in [4.78, 5) is 12.1. The van der Waals surface area contributed by atoms with Crippen molar-refractivity contribution in [3.05, 3.63) is 23.7 Å². The van der Waals surface area contributed by atoms with Crippen molar-refractivity contribution in [2.24, 2.45) is 0 Å². The van der Waals surface area contributed by atoms with Crippen LogP contribution in [0.1, 0.15) is 62.1 Å². The average Bonchev–Trinajstić information content (AvgIpc) is 3.08. The van der Waals surface area contributed by atoms with Crippen LogP contribution in [-0.2, 0) is 10.2 Å². The van der Waals surface area contributed by atoms with E-state index in [1.165, 1.54) is 18.4 Å². The lowest BCUT2D eigenvalue weighted by Crippen LogP contribution is -2.40. The van der Waals surface area contributed by atoms with Gasteiger partial charge in [0.1, 0.15) is 5.82 Å². The highest BCUT2D eigenvalue weighted by Gasteiger charge is 2.54. The van der Waals surface area contributed by atoms with Crippen molar-refractivity contribution in [3.8, 4) is 0 Å². The third-order valence-electron chi connectivity index (χ3n) is 7.23. The van der Waals surface area contributed by atoms with Gasteiger partial charge in [0, 0.05) is 48.5 Å². The Morgan fingerprint density at radius 1 is 1.28 bits per heavy atom. The van der Waals surface area contributed by atoms with E-state index in [0.717, 1.165) is 62.5 Å². The fourth-order valence-corrected chi connectivity index (χ4v) is 5.40. The summed E-state index contributed by atoms with van der Waals surface area (Å²) in [5, 5.41) is 21.0. The van der Waals surface area contributed by atoms with Gasteiger partial charge in [-0.05, 0) is 44.9 Å². The van der Waals surface area contributed by atoms with E-state index >= 15 is 0 Å². The van der Waals surface area contributed by atoms with Crippen molar-refractivity contribution in [3.63, 3.8) is 0 Å². The van der Waals surface area contributed by atoms with Gasteiger partial charge >= 0.3 is 0 Å². The fraction of sp³-hybridized carbons (Fsp3) is 0.667. The van der Waals surface area contributed by atoms with Crippen LogP contribution in [0.25, 0.3) is 0 Å². The number of ether oxygens (including phenoxy) is 1. The van der Waals surface area contributed by atoms with Crippen molar-refractivity contribution in [1.29, 1.82) is 0 Å². The van der Waals surface area contributed by atoms with Crippen LogP contribution in [0.5, 0.6) is 0 Å². The third kappa shape index (κ3) is 3.00. The van der Waals surface area contributed by atoms with Gasteiger partial charge in [-0.3, -0.25) is 5.10 Å². The van der Waals surface area contributed by atoms with Crippen LogP contribution in [0.2, 0.25) is 0 Å². The molecule has 2 aliphatic carbocycles. The smallest absolute Gasteiger partial charge is 0.229 e. The topological polar surface area (TPSA) is 99.2 Å². The molecule has 0 bridgehead atoms. The number of hydrogen-bond acceptors (Lipinski definition) is 7. The van der Waals surface area contributed by atoms with Crippen LogP contribution >= 0.6 is 0 Å². The Balaban J connectivity index is 1.29. The van der Waals surface area contributed by atoms with Crippen LogP contribution in [0.4, 0.5) is 17.5 Å². The number of aliphatic hydroxyl groups is 1. The molecule has 4 heterocycles. The fourth-order valence-electron chi connectivity index (χ4n) is 5.40. The first-order valence-corrected chi connectivity index (χ1v) is 10.9. The maximum absolute atomic E-state index is 10.2. The first kappa shape index (κ1) is 17.7. The maximum atomic E-state index is 10.2. The standard InChI is InChI=1S/C21H28N6O2/c28-15-3-1-2-14(8-15)27-12-21(5-6-21)16-9-22-20(25-19(16)27)24-17-10-23-26-18(17)13-4-7-29-11-13/h9-10,13-15,28H,1-8,11-12H2,(H,23,26)(H,22,24,25)/t13?,14-,15-/m1/s1. The maximum Gasteiger partial charge on any atom is 0.229 e. The summed E-state index contributed by atoms with van der Waals surface area (Å²) < 4.78 is 5.53. The zero-order valence-electron chi connectivity index (χ0n) is 16.6. The number of aliphatic hydroxyl groups excluding tert-OH is 1. The molecule has 4 aliphatic rings. The summed E-state index contributed by atoms with van der Waals surface area (Å²) in [6.45, 7) is 2.52. The third-order valence-corrected chi connectivity index (χ3v) is 7.23. The lowest BCUT2D eigenvalue weighted by atomic mass is 9.92. The molecule has 0 radical (unpaired) electrons. The van der Waals surface area contributed by atoms with E-state index in [2.05, 4.69) is 25.4 Å². The second kappa shape index (κ2) is 6.67. The predicted octanol–water partition coefficient (Wildman–Crippen LogP) is 2.60. The molecular weight excluding hydrogens is 368 g/mol. The molecule has 2 saturated carbocycles. The Morgan fingerprint density at radius 3 is 3.00 bits per heavy atom. The summed E-state index contributed by atoms with van der Waals surface area (Å²) in [5.74, 6) is 1.99. The lowest BCUT2D eigenvalue weighted by Gasteiger charge is -2.35. The quantitative estimate of drug-likeness (QED) is 0.730. The van der Waals surface area contributed by atoms with E-state index in [1.807, 2.05) is 12.4 Å². The first-order chi connectivity index (χ1) is 14.2. The number of aromatic amines is 1. The van der Waals surface area contributed by atoms with Crippen molar-refractivity contribution in [2.45, 2.75) is 68.4 Å². The minimum Gasteiger partial charge on any atom is -0.393 e. The van der Waals surface area contributed by atoms with Crippen molar-refractivity contribution in [1.82, 2.24) is 20.2 Å². The van der Waals surface area contributed by atoms with Gasteiger partial charge in [0.05, 0.1) is 24.1 Å². The van der Waals surface area contributed by atoms with Crippen LogP contribution < -0.4 is 10.2 Å². The second-order valence-corrected chi connectivity index (χ2v) is 9.18. The molecule has 154 valence electrons.